The van der Waals surface area contributed by atoms with Crippen LogP contribution >= 0.6 is 0 Å². The maximum absolute atomic E-state index is 12.9. The lowest BCUT2D eigenvalue weighted by Crippen LogP contribution is -2.40. The Balaban J connectivity index is 1.44. The molecule has 1 aromatic carbocycles. The zero-order chi connectivity index (χ0) is 17.6. The maximum atomic E-state index is 12.9. The molecule has 132 valence electrons. The van der Waals surface area contributed by atoms with Gasteiger partial charge in [-0.2, -0.15) is 0 Å². The summed E-state index contributed by atoms with van der Waals surface area (Å²) >= 11 is 0. The van der Waals surface area contributed by atoms with Crippen LogP contribution in [0.15, 0.2) is 48.7 Å². The van der Waals surface area contributed by atoms with Crippen molar-refractivity contribution in [1.82, 2.24) is 10.3 Å². The lowest BCUT2D eigenvalue weighted by molar-refractivity contribution is -0.116. The summed E-state index contributed by atoms with van der Waals surface area (Å²) in [6.45, 7) is 3.86. The van der Waals surface area contributed by atoms with Gasteiger partial charge in [0.2, 0.25) is 5.91 Å². The SMILES string of the molecule is C[C@H](CC(=O)Nc1ccc(F)cc1)N[C@@H]1CCN(c2ccccn2)C1. The minimum atomic E-state index is -0.313. The molecule has 5 nitrogen and oxygen atoms in total. The van der Waals surface area contributed by atoms with Crippen molar-refractivity contribution in [3.63, 3.8) is 0 Å². The molecule has 0 aliphatic carbocycles. The predicted molar refractivity (Wildman–Crippen MR) is 97.1 cm³/mol. The van der Waals surface area contributed by atoms with Crippen molar-refractivity contribution in [3.8, 4) is 0 Å². The van der Waals surface area contributed by atoms with Crippen molar-refractivity contribution in [2.45, 2.75) is 31.8 Å². The van der Waals surface area contributed by atoms with Crippen LogP contribution in [0.4, 0.5) is 15.9 Å². The summed E-state index contributed by atoms with van der Waals surface area (Å²) in [6, 6.07) is 12.1. The third-order valence-electron chi connectivity index (χ3n) is 4.30. The quantitative estimate of drug-likeness (QED) is 0.848. The Hall–Kier alpha value is -2.47. The number of aromatic nitrogens is 1. The Labute approximate surface area is 147 Å². The molecule has 0 bridgehead atoms. The van der Waals surface area contributed by atoms with Crippen molar-refractivity contribution < 1.29 is 9.18 Å². The van der Waals surface area contributed by atoms with E-state index >= 15 is 0 Å². The number of hydrogen-bond acceptors (Lipinski definition) is 4. The lowest BCUT2D eigenvalue weighted by atomic mass is 10.1. The Kier molecular flexibility index (Phi) is 5.60. The van der Waals surface area contributed by atoms with Gasteiger partial charge in [0.15, 0.2) is 0 Å². The smallest absolute Gasteiger partial charge is 0.225 e. The molecule has 6 heteroatoms. The van der Waals surface area contributed by atoms with Gasteiger partial charge in [-0.3, -0.25) is 4.79 Å². The largest absolute Gasteiger partial charge is 0.355 e. The van der Waals surface area contributed by atoms with Crippen molar-refractivity contribution in [1.29, 1.82) is 0 Å². The standard InChI is InChI=1S/C19H23FN4O/c1-14(12-19(25)23-16-7-5-15(20)6-8-16)22-17-9-11-24(13-17)18-4-2-3-10-21-18/h2-8,10,14,17,22H,9,11-13H2,1H3,(H,23,25)/t14-,17-/m1/s1. The number of carbonyl (C=O) groups excluding carboxylic acids is 1. The minimum absolute atomic E-state index is 0.0640. The molecule has 0 unspecified atom stereocenters. The Morgan fingerprint density at radius 1 is 1.32 bits per heavy atom. The van der Waals surface area contributed by atoms with Crippen LogP contribution in [0.2, 0.25) is 0 Å². The number of rotatable bonds is 6. The second-order valence-corrected chi connectivity index (χ2v) is 6.45. The molecule has 1 aliphatic heterocycles. The molecule has 2 heterocycles. The normalized spacial score (nSPS) is 18.2. The number of halogens is 1. The van der Waals surface area contributed by atoms with Crippen LogP contribution in [-0.2, 0) is 4.79 Å². The van der Waals surface area contributed by atoms with Gasteiger partial charge >= 0.3 is 0 Å². The number of nitrogens with zero attached hydrogens (tertiary/aromatic N) is 2. The monoisotopic (exact) mass is 342 g/mol. The number of hydrogen-bond donors (Lipinski definition) is 2. The van der Waals surface area contributed by atoms with Crippen LogP contribution in [0.25, 0.3) is 0 Å². The molecule has 0 saturated carbocycles. The summed E-state index contributed by atoms with van der Waals surface area (Å²) in [5.74, 6) is 0.603. The summed E-state index contributed by atoms with van der Waals surface area (Å²) in [5, 5.41) is 6.31. The highest BCUT2D eigenvalue weighted by atomic mass is 19.1. The van der Waals surface area contributed by atoms with Crippen molar-refractivity contribution in [2.24, 2.45) is 0 Å². The average Bonchev–Trinajstić information content (AvgIpc) is 3.06. The fraction of sp³-hybridized carbons (Fsp3) is 0.368. The average molecular weight is 342 g/mol. The first-order chi connectivity index (χ1) is 12.1. The van der Waals surface area contributed by atoms with E-state index in [2.05, 4.69) is 20.5 Å². The van der Waals surface area contributed by atoms with E-state index in [0.29, 0.717) is 18.2 Å². The van der Waals surface area contributed by atoms with Crippen molar-refractivity contribution >= 4 is 17.4 Å². The molecule has 2 N–H and O–H groups in total. The van der Waals surface area contributed by atoms with E-state index in [9.17, 15) is 9.18 Å². The highest BCUT2D eigenvalue weighted by Gasteiger charge is 2.24. The van der Waals surface area contributed by atoms with Crippen LogP contribution < -0.4 is 15.5 Å². The van der Waals surface area contributed by atoms with Crippen molar-refractivity contribution in [2.75, 3.05) is 23.3 Å². The topological polar surface area (TPSA) is 57.3 Å². The number of carbonyl (C=O) groups is 1. The van der Waals surface area contributed by atoms with Gasteiger partial charge in [0.05, 0.1) is 0 Å². The Bertz CT molecular complexity index is 692. The highest BCUT2D eigenvalue weighted by Crippen LogP contribution is 2.18. The number of anilines is 2. The van der Waals surface area contributed by atoms with Crippen LogP contribution in [0.1, 0.15) is 19.8 Å². The van der Waals surface area contributed by atoms with E-state index in [-0.39, 0.29) is 17.8 Å². The van der Waals surface area contributed by atoms with Gasteiger partial charge in [-0.25, -0.2) is 9.37 Å². The van der Waals surface area contributed by atoms with Gasteiger partial charge in [0, 0.05) is 43.5 Å². The molecule has 1 aliphatic rings. The highest BCUT2D eigenvalue weighted by molar-refractivity contribution is 5.91. The van der Waals surface area contributed by atoms with Gasteiger partial charge in [-0.05, 0) is 49.7 Å². The minimum Gasteiger partial charge on any atom is -0.355 e. The van der Waals surface area contributed by atoms with E-state index in [1.165, 1.54) is 12.1 Å². The van der Waals surface area contributed by atoms with Gasteiger partial charge in [-0.15, -0.1) is 0 Å². The third kappa shape index (κ3) is 5.00. The van der Waals surface area contributed by atoms with E-state index in [4.69, 9.17) is 0 Å². The van der Waals surface area contributed by atoms with Gasteiger partial charge in [-0.1, -0.05) is 6.07 Å². The van der Waals surface area contributed by atoms with Gasteiger partial charge in [0.1, 0.15) is 11.6 Å². The Morgan fingerprint density at radius 2 is 2.12 bits per heavy atom. The summed E-state index contributed by atoms with van der Waals surface area (Å²) < 4.78 is 12.9. The molecule has 1 amide bonds. The van der Waals surface area contributed by atoms with Crippen molar-refractivity contribution in [3.05, 3.63) is 54.5 Å². The van der Waals surface area contributed by atoms with Crippen LogP contribution in [-0.4, -0.2) is 36.1 Å². The molecule has 25 heavy (non-hydrogen) atoms. The summed E-state index contributed by atoms with van der Waals surface area (Å²) in [6.07, 6.45) is 3.20. The van der Waals surface area contributed by atoms with Crippen LogP contribution in [0.5, 0.6) is 0 Å². The first-order valence-electron chi connectivity index (χ1n) is 8.57. The molecule has 2 aromatic rings. The maximum Gasteiger partial charge on any atom is 0.225 e. The lowest BCUT2D eigenvalue weighted by Gasteiger charge is -2.21. The Morgan fingerprint density at radius 3 is 2.84 bits per heavy atom. The van der Waals surface area contributed by atoms with Gasteiger partial charge < -0.3 is 15.5 Å². The zero-order valence-corrected chi connectivity index (χ0v) is 14.3. The molecule has 1 saturated heterocycles. The number of benzene rings is 1. The molecule has 2 atom stereocenters. The molecule has 1 aromatic heterocycles. The van der Waals surface area contributed by atoms with E-state index in [0.717, 1.165) is 25.3 Å². The molecule has 0 radical (unpaired) electrons. The molecule has 3 rings (SSSR count). The number of amides is 1. The van der Waals surface area contributed by atoms with Crippen LogP contribution in [0.3, 0.4) is 0 Å². The number of nitrogens with one attached hydrogen (secondary N) is 2. The second kappa shape index (κ2) is 8.07. The zero-order valence-electron chi connectivity index (χ0n) is 14.3. The molecular weight excluding hydrogens is 319 g/mol. The molecule has 1 fully saturated rings. The van der Waals surface area contributed by atoms with Gasteiger partial charge in [0.25, 0.3) is 0 Å². The fourth-order valence-electron chi connectivity index (χ4n) is 3.13. The fourth-order valence-corrected chi connectivity index (χ4v) is 3.13. The van der Waals surface area contributed by atoms with E-state index in [1.807, 2.05) is 25.1 Å². The second-order valence-electron chi connectivity index (χ2n) is 6.45. The third-order valence-corrected chi connectivity index (χ3v) is 4.30. The first-order valence-corrected chi connectivity index (χ1v) is 8.57. The van der Waals surface area contributed by atoms with E-state index in [1.54, 1.807) is 18.3 Å². The number of pyridine rings is 1. The summed E-state index contributed by atoms with van der Waals surface area (Å²) in [4.78, 5) is 18.7. The molecule has 0 spiro atoms. The summed E-state index contributed by atoms with van der Waals surface area (Å²) in [5.41, 5.74) is 0.612. The predicted octanol–water partition coefficient (Wildman–Crippen LogP) is 2.81. The molecular formula is C19H23FN4O. The van der Waals surface area contributed by atoms with E-state index < -0.39 is 0 Å². The summed E-state index contributed by atoms with van der Waals surface area (Å²) in [7, 11) is 0. The first kappa shape index (κ1) is 17.4. The van der Waals surface area contributed by atoms with Crippen LogP contribution in [0, 0.1) is 5.82 Å².